The van der Waals surface area contributed by atoms with Crippen molar-refractivity contribution < 1.29 is 14.1 Å². The van der Waals surface area contributed by atoms with Crippen molar-refractivity contribution in [3.05, 3.63) is 23.7 Å². The molecule has 2 rings (SSSR count). The molecule has 0 aromatic carbocycles. The second kappa shape index (κ2) is 11.2. The van der Waals surface area contributed by atoms with Crippen molar-refractivity contribution in [3.8, 4) is 11.5 Å². The number of anilines is 1. The van der Waals surface area contributed by atoms with Crippen molar-refractivity contribution in [3.63, 3.8) is 0 Å². The quantitative estimate of drug-likeness (QED) is 0.572. The number of aromatic nitrogens is 3. The van der Waals surface area contributed by atoms with E-state index < -0.39 is 0 Å². The minimum absolute atomic E-state index is 0.141. The topological polar surface area (TPSA) is 104 Å². The van der Waals surface area contributed by atoms with E-state index in [1.165, 1.54) is 0 Å². The first-order valence-corrected chi connectivity index (χ1v) is 8.81. The molecule has 138 valence electrons. The van der Waals surface area contributed by atoms with E-state index in [2.05, 4.69) is 15.1 Å². The molecule has 2 aromatic rings. The van der Waals surface area contributed by atoms with Gasteiger partial charge >= 0.3 is 5.97 Å². The Hall–Kier alpha value is -2.44. The summed E-state index contributed by atoms with van der Waals surface area (Å²) in [5.41, 5.74) is 7.88. The Morgan fingerprint density at radius 3 is 2.72 bits per heavy atom. The summed E-state index contributed by atoms with van der Waals surface area (Å²) in [6, 6.07) is 1.83. The third-order valence-corrected chi connectivity index (χ3v) is 3.36. The van der Waals surface area contributed by atoms with Crippen molar-refractivity contribution in [1.82, 2.24) is 15.1 Å². The largest absolute Gasteiger partial charge is 0.466 e. The molecule has 0 aliphatic rings. The average Bonchev–Trinajstić information content (AvgIpc) is 3.05. The van der Waals surface area contributed by atoms with Crippen LogP contribution in [0.2, 0.25) is 0 Å². The van der Waals surface area contributed by atoms with E-state index >= 15 is 0 Å². The molecule has 0 unspecified atom stereocenters. The number of pyridine rings is 1. The minimum Gasteiger partial charge on any atom is -0.466 e. The fourth-order valence-electron chi connectivity index (χ4n) is 2.24. The third kappa shape index (κ3) is 6.91. The third-order valence-electron chi connectivity index (χ3n) is 3.36. The van der Waals surface area contributed by atoms with Crippen molar-refractivity contribution in [2.75, 3.05) is 12.3 Å². The Bertz CT molecular complexity index is 656. The highest BCUT2D eigenvalue weighted by atomic mass is 16.5. The molecule has 7 heteroatoms. The van der Waals surface area contributed by atoms with Crippen molar-refractivity contribution >= 4 is 11.7 Å². The van der Waals surface area contributed by atoms with Gasteiger partial charge in [-0.2, -0.15) is 4.98 Å². The second-order valence-corrected chi connectivity index (χ2v) is 5.31. The van der Waals surface area contributed by atoms with Gasteiger partial charge in [0.05, 0.1) is 18.5 Å². The summed E-state index contributed by atoms with van der Waals surface area (Å²) in [5.74, 6) is 0.913. The number of hydrogen-bond acceptors (Lipinski definition) is 7. The number of aryl methyl sites for hydroxylation is 2. The average molecular weight is 348 g/mol. The molecule has 2 heterocycles. The fourth-order valence-corrected chi connectivity index (χ4v) is 2.24. The van der Waals surface area contributed by atoms with Crippen LogP contribution >= 0.6 is 0 Å². The van der Waals surface area contributed by atoms with Crippen molar-refractivity contribution in [2.24, 2.45) is 0 Å². The monoisotopic (exact) mass is 348 g/mol. The Morgan fingerprint density at radius 1 is 1.28 bits per heavy atom. The van der Waals surface area contributed by atoms with Gasteiger partial charge in [-0.05, 0) is 38.3 Å². The van der Waals surface area contributed by atoms with Crippen LogP contribution in [0.4, 0.5) is 5.69 Å². The molecule has 0 saturated heterocycles. The lowest BCUT2D eigenvalue weighted by Crippen LogP contribution is -2.03. The Balaban J connectivity index is 0.00000151. The lowest BCUT2D eigenvalue weighted by Gasteiger charge is -2.01. The highest BCUT2D eigenvalue weighted by Crippen LogP contribution is 2.20. The van der Waals surface area contributed by atoms with Gasteiger partial charge in [0.2, 0.25) is 11.7 Å². The molecular formula is C18H28N4O3. The maximum atomic E-state index is 11.2. The summed E-state index contributed by atoms with van der Waals surface area (Å²) in [4.78, 5) is 19.8. The molecule has 0 radical (unpaired) electrons. The Kier molecular flexibility index (Phi) is 9.21. The van der Waals surface area contributed by atoms with Gasteiger partial charge in [0.15, 0.2) is 0 Å². The molecule has 0 saturated carbocycles. The number of nitrogens with two attached hydrogens (primary N) is 1. The SMILES string of the molecule is CC.CCOC(=O)CCCCCc1nc(-c2ncc(N)cc2C)no1. The van der Waals surface area contributed by atoms with Crippen LogP contribution in [0.15, 0.2) is 16.8 Å². The summed E-state index contributed by atoms with van der Waals surface area (Å²) in [6.07, 6.45) is 5.32. The predicted molar refractivity (Wildman–Crippen MR) is 96.8 cm³/mol. The Labute approximate surface area is 149 Å². The fraction of sp³-hybridized carbons (Fsp3) is 0.556. The predicted octanol–water partition coefficient (Wildman–Crippen LogP) is 3.71. The summed E-state index contributed by atoms with van der Waals surface area (Å²) in [7, 11) is 0. The van der Waals surface area contributed by atoms with Crippen LogP contribution < -0.4 is 5.73 Å². The van der Waals surface area contributed by atoms with Gasteiger partial charge in [0, 0.05) is 12.8 Å². The van der Waals surface area contributed by atoms with Gasteiger partial charge in [0.1, 0.15) is 5.69 Å². The molecule has 0 amide bonds. The summed E-state index contributed by atoms with van der Waals surface area (Å²) in [6.45, 7) is 8.15. The van der Waals surface area contributed by atoms with Gasteiger partial charge in [-0.25, -0.2) is 0 Å². The van der Waals surface area contributed by atoms with E-state index in [1.807, 2.05) is 33.8 Å². The summed E-state index contributed by atoms with van der Waals surface area (Å²) >= 11 is 0. The van der Waals surface area contributed by atoms with Crippen LogP contribution in [0, 0.1) is 6.92 Å². The number of hydrogen-bond donors (Lipinski definition) is 1. The molecular weight excluding hydrogens is 320 g/mol. The van der Waals surface area contributed by atoms with Crippen molar-refractivity contribution in [1.29, 1.82) is 0 Å². The molecule has 0 aliphatic carbocycles. The van der Waals surface area contributed by atoms with Crippen LogP contribution in [-0.2, 0) is 16.0 Å². The maximum Gasteiger partial charge on any atom is 0.305 e. The van der Waals surface area contributed by atoms with Gasteiger partial charge in [-0.15, -0.1) is 0 Å². The van der Waals surface area contributed by atoms with Crippen LogP contribution in [0.1, 0.15) is 57.9 Å². The van der Waals surface area contributed by atoms with Gasteiger partial charge in [-0.1, -0.05) is 25.4 Å². The molecule has 7 nitrogen and oxygen atoms in total. The molecule has 25 heavy (non-hydrogen) atoms. The van der Waals surface area contributed by atoms with E-state index in [0.717, 1.165) is 24.8 Å². The molecule has 0 bridgehead atoms. The number of rotatable bonds is 8. The second-order valence-electron chi connectivity index (χ2n) is 5.31. The van der Waals surface area contributed by atoms with E-state index in [4.69, 9.17) is 15.0 Å². The van der Waals surface area contributed by atoms with Gasteiger partial charge in [0.25, 0.3) is 0 Å². The number of esters is 1. The molecule has 0 atom stereocenters. The standard InChI is InChI=1S/C16H22N4O3.C2H6/c1-3-22-14(21)8-6-4-5-7-13-19-16(20-23-13)15-11(2)9-12(17)10-18-15;1-2/h9-10H,3-8,17H2,1-2H3;1-2H3. The normalized spacial score (nSPS) is 10.1. The number of unbranched alkanes of at least 4 members (excludes halogenated alkanes) is 2. The minimum atomic E-state index is -0.141. The van der Waals surface area contributed by atoms with Crippen LogP contribution in [0.25, 0.3) is 11.5 Å². The highest BCUT2D eigenvalue weighted by Gasteiger charge is 2.12. The molecule has 2 N–H and O–H groups in total. The van der Waals surface area contributed by atoms with E-state index in [0.29, 0.717) is 42.5 Å². The zero-order valence-corrected chi connectivity index (χ0v) is 15.5. The van der Waals surface area contributed by atoms with Gasteiger partial charge in [-0.3, -0.25) is 9.78 Å². The van der Waals surface area contributed by atoms with E-state index in [9.17, 15) is 4.79 Å². The van der Waals surface area contributed by atoms with Crippen LogP contribution in [0.5, 0.6) is 0 Å². The van der Waals surface area contributed by atoms with Crippen LogP contribution in [0.3, 0.4) is 0 Å². The first-order chi connectivity index (χ1) is 12.1. The molecule has 0 spiro atoms. The highest BCUT2D eigenvalue weighted by molar-refractivity contribution is 5.69. The molecule has 0 aliphatic heterocycles. The zero-order valence-electron chi connectivity index (χ0n) is 15.5. The number of ether oxygens (including phenoxy) is 1. The number of nitrogens with zero attached hydrogens (tertiary/aromatic N) is 3. The molecule has 0 fully saturated rings. The van der Waals surface area contributed by atoms with Crippen LogP contribution in [-0.4, -0.2) is 27.7 Å². The lowest BCUT2D eigenvalue weighted by molar-refractivity contribution is -0.143. The Morgan fingerprint density at radius 2 is 2.04 bits per heavy atom. The summed E-state index contributed by atoms with van der Waals surface area (Å²) < 4.78 is 10.1. The summed E-state index contributed by atoms with van der Waals surface area (Å²) in [5, 5.41) is 3.96. The lowest BCUT2D eigenvalue weighted by atomic mass is 10.1. The number of carbonyl (C=O) groups is 1. The zero-order chi connectivity index (χ0) is 18.7. The maximum absolute atomic E-state index is 11.2. The van der Waals surface area contributed by atoms with E-state index in [1.54, 1.807) is 6.20 Å². The number of carbonyl (C=O) groups excluding carboxylic acids is 1. The first-order valence-electron chi connectivity index (χ1n) is 8.81. The van der Waals surface area contributed by atoms with Gasteiger partial charge < -0.3 is 15.0 Å². The smallest absolute Gasteiger partial charge is 0.305 e. The van der Waals surface area contributed by atoms with Crippen molar-refractivity contribution in [2.45, 2.75) is 59.8 Å². The first kappa shape index (κ1) is 20.6. The number of nitrogen functional groups attached to an aromatic ring is 1. The van der Waals surface area contributed by atoms with E-state index in [-0.39, 0.29) is 5.97 Å². The molecule has 2 aromatic heterocycles.